The lowest BCUT2D eigenvalue weighted by Crippen LogP contribution is -2.22. The molecule has 0 unspecified atom stereocenters. The second-order valence-electron chi connectivity index (χ2n) is 5.16. The molecule has 1 amide bonds. The molecular weight excluding hydrogens is 295 g/mol. The fourth-order valence-electron chi connectivity index (χ4n) is 1.84. The van der Waals surface area contributed by atoms with Gasteiger partial charge in [-0.15, -0.1) is 0 Å². The van der Waals surface area contributed by atoms with Crippen molar-refractivity contribution in [2.24, 2.45) is 0 Å². The molecule has 0 saturated heterocycles. The fourth-order valence-corrected chi connectivity index (χ4v) is 1.84. The van der Waals surface area contributed by atoms with Gasteiger partial charge in [0.25, 0.3) is 0 Å². The van der Waals surface area contributed by atoms with Crippen LogP contribution in [-0.4, -0.2) is 19.1 Å². The van der Waals surface area contributed by atoms with Crippen molar-refractivity contribution in [3.05, 3.63) is 66.5 Å². The zero-order valence-electron chi connectivity index (χ0n) is 12.9. The van der Waals surface area contributed by atoms with Crippen molar-refractivity contribution in [2.75, 3.05) is 23.8 Å². The Morgan fingerprint density at radius 1 is 1.22 bits per heavy atom. The topological polar surface area (TPSA) is 50.4 Å². The maximum Gasteiger partial charge on any atom is 0.243 e. The molecule has 2 aromatic carbocycles. The third kappa shape index (κ3) is 5.47. The van der Waals surface area contributed by atoms with E-state index in [9.17, 15) is 9.18 Å². The summed E-state index contributed by atoms with van der Waals surface area (Å²) in [5, 5.41) is 5.49. The van der Waals surface area contributed by atoms with Crippen molar-refractivity contribution in [3.63, 3.8) is 0 Å². The Kier molecular flexibility index (Phi) is 5.74. The Hall–Kier alpha value is -2.82. The molecule has 23 heavy (non-hydrogen) atoms. The normalized spacial score (nSPS) is 10.0. The molecule has 0 atom stereocenters. The van der Waals surface area contributed by atoms with Crippen molar-refractivity contribution in [3.8, 4) is 5.75 Å². The summed E-state index contributed by atoms with van der Waals surface area (Å²) in [5.41, 5.74) is 1.83. The minimum absolute atomic E-state index is 0.0261. The van der Waals surface area contributed by atoms with E-state index in [2.05, 4.69) is 17.2 Å². The third-order valence-electron chi connectivity index (χ3n) is 2.92. The van der Waals surface area contributed by atoms with Crippen LogP contribution in [0.2, 0.25) is 0 Å². The number of halogens is 1. The predicted molar refractivity (Wildman–Crippen MR) is 90.3 cm³/mol. The van der Waals surface area contributed by atoms with Crippen molar-refractivity contribution >= 4 is 17.3 Å². The summed E-state index contributed by atoms with van der Waals surface area (Å²) >= 11 is 0. The molecule has 0 aromatic heterocycles. The first-order chi connectivity index (χ1) is 11.0. The highest BCUT2D eigenvalue weighted by molar-refractivity contribution is 5.93. The van der Waals surface area contributed by atoms with Gasteiger partial charge in [-0.3, -0.25) is 4.79 Å². The lowest BCUT2D eigenvalue weighted by molar-refractivity contribution is -0.114. The number of anilines is 2. The molecule has 2 rings (SSSR count). The molecule has 120 valence electrons. The Balaban J connectivity index is 1.88. The highest BCUT2D eigenvalue weighted by Crippen LogP contribution is 2.18. The van der Waals surface area contributed by atoms with Crippen LogP contribution in [0, 0.1) is 5.82 Å². The first-order valence-electron chi connectivity index (χ1n) is 7.20. The average molecular weight is 314 g/mol. The number of carbonyl (C=O) groups is 1. The third-order valence-corrected chi connectivity index (χ3v) is 2.92. The van der Waals surface area contributed by atoms with Crippen LogP contribution in [0.3, 0.4) is 0 Å². The Labute approximate surface area is 135 Å². The van der Waals surface area contributed by atoms with Gasteiger partial charge in [-0.05, 0) is 36.8 Å². The average Bonchev–Trinajstić information content (AvgIpc) is 2.54. The van der Waals surface area contributed by atoms with Crippen molar-refractivity contribution in [2.45, 2.75) is 6.92 Å². The number of amides is 1. The van der Waals surface area contributed by atoms with Crippen LogP contribution in [0.25, 0.3) is 0 Å². The van der Waals surface area contributed by atoms with Crippen LogP contribution >= 0.6 is 0 Å². The van der Waals surface area contributed by atoms with E-state index in [1.54, 1.807) is 18.2 Å². The minimum atomic E-state index is -0.462. The first kappa shape index (κ1) is 16.5. The van der Waals surface area contributed by atoms with Gasteiger partial charge in [-0.25, -0.2) is 4.39 Å². The summed E-state index contributed by atoms with van der Waals surface area (Å²) in [6.45, 7) is 6.13. The van der Waals surface area contributed by atoms with Crippen LogP contribution in [0.4, 0.5) is 15.8 Å². The number of benzene rings is 2. The van der Waals surface area contributed by atoms with Crippen molar-refractivity contribution in [1.82, 2.24) is 0 Å². The van der Waals surface area contributed by atoms with Gasteiger partial charge in [0.1, 0.15) is 18.2 Å². The standard InChI is InChI=1S/C18H19FN2O2/c1-13(2)12-23-15-7-5-6-14(10-15)20-11-18(22)21-17-9-4-3-8-16(17)19/h3-10,20H,1,11-12H2,2H3,(H,21,22). The summed E-state index contributed by atoms with van der Waals surface area (Å²) in [4.78, 5) is 11.9. The van der Waals surface area contributed by atoms with Crippen molar-refractivity contribution < 1.29 is 13.9 Å². The number of para-hydroxylation sites is 1. The van der Waals surface area contributed by atoms with Crippen LogP contribution in [0.5, 0.6) is 5.75 Å². The summed E-state index contributed by atoms with van der Waals surface area (Å²) < 4.78 is 19.0. The summed E-state index contributed by atoms with van der Waals surface area (Å²) in [6, 6.07) is 13.3. The number of ether oxygens (including phenoxy) is 1. The van der Waals surface area contributed by atoms with Gasteiger partial charge in [0.2, 0.25) is 5.91 Å². The van der Waals surface area contributed by atoms with Crippen LogP contribution in [-0.2, 0) is 4.79 Å². The smallest absolute Gasteiger partial charge is 0.243 e. The SMILES string of the molecule is C=C(C)COc1cccc(NCC(=O)Nc2ccccc2F)c1. The van der Waals surface area contributed by atoms with Crippen LogP contribution < -0.4 is 15.4 Å². The molecule has 0 fully saturated rings. The number of hydrogen-bond acceptors (Lipinski definition) is 3. The molecule has 2 N–H and O–H groups in total. The molecule has 0 heterocycles. The van der Waals surface area contributed by atoms with Gasteiger partial charge < -0.3 is 15.4 Å². The van der Waals surface area contributed by atoms with E-state index < -0.39 is 5.82 Å². The molecular formula is C18H19FN2O2. The van der Waals surface area contributed by atoms with E-state index >= 15 is 0 Å². The molecule has 0 bridgehead atoms. The number of hydrogen-bond donors (Lipinski definition) is 2. The molecule has 4 nitrogen and oxygen atoms in total. The molecule has 0 radical (unpaired) electrons. The van der Waals surface area contributed by atoms with Gasteiger partial charge in [-0.2, -0.15) is 0 Å². The largest absolute Gasteiger partial charge is 0.489 e. The highest BCUT2D eigenvalue weighted by Gasteiger charge is 2.06. The van der Waals surface area contributed by atoms with E-state index in [1.807, 2.05) is 25.1 Å². The lowest BCUT2D eigenvalue weighted by Gasteiger charge is -2.10. The number of carbonyl (C=O) groups excluding carboxylic acids is 1. The van der Waals surface area contributed by atoms with E-state index in [-0.39, 0.29) is 18.1 Å². The number of rotatable bonds is 7. The predicted octanol–water partition coefficient (Wildman–Crippen LogP) is 3.83. The summed E-state index contributed by atoms with van der Waals surface area (Å²) in [6.07, 6.45) is 0. The highest BCUT2D eigenvalue weighted by atomic mass is 19.1. The Morgan fingerprint density at radius 2 is 2.00 bits per heavy atom. The van der Waals surface area contributed by atoms with Gasteiger partial charge in [0.15, 0.2) is 0 Å². The zero-order valence-corrected chi connectivity index (χ0v) is 12.9. The monoisotopic (exact) mass is 314 g/mol. The fraction of sp³-hybridized carbons (Fsp3) is 0.167. The summed E-state index contributed by atoms with van der Waals surface area (Å²) in [7, 11) is 0. The van der Waals surface area contributed by atoms with Gasteiger partial charge in [0, 0.05) is 11.8 Å². The zero-order chi connectivity index (χ0) is 16.7. The van der Waals surface area contributed by atoms with E-state index in [1.165, 1.54) is 12.1 Å². The molecule has 2 aromatic rings. The van der Waals surface area contributed by atoms with E-state index in [0.717, 1.165) is 11.3 Å². The van der Waals surface area contributed by atoms with E-state index in [4.69, 9.17) is 4.74 Å². The van der Waals surface area contributed by atoms with Crippen LogP contribution in [0.15, 0.2) is 60.7 Å². The maximum atomic E-state index is 13.5. The van der Waals surface area contributed by atoms with E-state index in [0.29, 0.717) is 12.4 Å². The van der Waals surface area contributed by atoms with Gasteiger partial charge in [-0.1, -0.05) is 24.8 Å². The molecule has 0 aliphatic heterocycles. The molecule has 5 heteroatoms. The first-order valence-corrected chi connectivity index (χ1v) is 7.20. The second kappa shape index (κ2) is 7.98. The van der Waals surface area contributed by atoms with Crippen molar-refractivity contribution in [1.29, 1.82) is 0 Å². The van der Waals surface area contributed by atoms with Gasteiger partial charge >= 0.3 is 0 Å². The van der Waals surface area contributed by atoms with Gasteiger partial charge in [0.05, 0.1) is 12.2 Å². The molecule has 0 aliphatic rings. The molecule has 0 spiro atoms. The summed E-state index contributed by atoms with van der Waals surface area (Å²) in [5.74, 6) is -0.105. The quantitative estimate of drug-likeness (QED) is 0.764. The Bertz CT molecular complexity index is 701. The molecule has 0 saturated carbocycles. The number of nitrogens with one attached hydrogen (secondary N) is 2. The van der Waals surface area contributed by atoms with Crippen LogP contribution in [0.1, 0.15) is 6.92 Å². The minimum Gasteiger partial charge on any atom is -0.489 e. The lowest BCUT2D eigenvalue weighted by atomic mass is 10.3. The second-order valence-corrected chi connectivity index (χ2v) is 5.16. The Morgan fingerprint density at radius 3 is 2.74 bits per heavy atom. The molecule has 0 aliphatic carbocycles. The maximum absolute atomic E-state index is 13.5.